The van der Waals surface area contributed by atoms with Gasteiger partial charge in [-0.1, -0.05) is 31.5 Å². The van der Waals surface area contributed by atoms with E-state index >= 15 is 0 Å². The minimum atomic E-state index is -0.802. The highest BCUT2D eigenvalue weighted by atomic mass is 16.5. The summed E-state index contributed by atoms with van der Waals surface area (Å²) >= 11 is 0. The lowest BCUT2D eigenvalue weighted by Crippen LogP contribution is -2.36. The number of hydrogen-bond acceptors (Lipinski definition) is 3. The van der Waals surface area contributed by atoms with Gasteiger partial charge in [-0.25, -0.2) is 0 Å². The van der Waals surface area contributed by atoms with E-state index in [-0.39, 0.29) is 6.10 Å². The van der Waals surface area contributed by atoms with Crippen LogP contribution >= 0.6 is 0 Å². The van der Waals surface area contributed by atoms with Crippen LogP contribution in [0.4, 0.5) is 0 Å². The number of para-hydroxylation sites is 1. The number of aliphatic carboxylic acids is 1. The molecule has 0 heterocycles. The second-order valence-corrected chi connectivity index (χ2v) is 4.83. The van der Waals surface area contributed by atoms with Gasteiger partial charge >= 0.3 is 5.97 Å². The van der Waals surface area contributed by atoms with E-state index in [0.717, 1.165) is 17.7 Å². The Morgan fingerprint density at radius 2 is 2.05 bits per heavy atom. The van der Waals surface area contributed by atoms with E-state index in [1.54, 1.807) is 0 Å². The van der Waals surface area contributed by atoms with Crippen molar-refractivity contribution in [3.63, 3.8) is 0 Å². The van der Waals surface area contributed by atoms with Gasteiger partial charge in [0.15, 0.2) is 0 Å². The fourth-order valence-electron chi connectivity index (χ4n) is 1.85. The van der Waals surface area contributed by atoms with Crippen molar-refractivity contribution in [2.75, 3.05) is 0 Å². The number of carboxylic acids is 1. The Morgan fingerprint density at radius 3 is 2.63 bits per heavy atom. The van der Waals surface area contributed by atoms with E-state index in [0.29, 0.717) is 13.0 Å². The number of nitrogens with one attached hydrogen (secondary N) is 1. The van der Waals surface area contributed by atoms with Crippen molar-refractivity contribution >= 4 is 5.97 Å². The number of rotatable bonds is 8. The first-order valence-electron chi connectivity index (χ1n) is 6.75. The first kappa shape index (κ1) is 15.5. The quantitative estimate of drug-likeness (QED) is 0.759. The number of hydrogen-bond donors (Lipinski definition) is 2. The Balaban J connectivity index is 2.68. The molecule has 1 aromatic rings. The molecule has 0 aliphatic heterocycles. The molecule has 0 fully saturated rings. The van der Waals surface area contributed by atoms with Gasteiger partial charge in [-0.3, -0.25) is 4.79 Å². The molecule has 0 aliphatic rings. The molecule has 0 aromatic heterocycles. The average Bonchev–Trinajstić information content (AvgIpc) is 2.35. The third-order valence-electron chi connectivity index (χ3n) is 2.75. The van der Waals surface area contributed by atoms with E-state index in [9.17, 15) is 4.79 Å². The van der Waals surface area contributed by atoms with Crippen molar-refractivity contribution < 1.29 is 14.6 Å². The van der Waals surface area contributed by atoms with Crippen molar-refractivity contribution in [1.29, 1.82) is 0 Å². The summed E-state index contributed by atoms with van der Waals surface area (Å²) in [6, 6.07) is 7.21. The molecule has 0 saturated heterocycles. The summed E-state index contributed by atoms with van der Waals surface area (Å²) in [4.78, 5) is 11.1. The molecule has 0 amide bonds. The predicted molar refractivity (Wildman–Crippen MR) is 75.4 cm³/mol. The van der Waals surface area contributed by atoms with E-state index in [1.807, 2.05) is 45.0 Å². The number of benzene rings is 1. The molecule has 1 unspecified atom stereocenters. The van der Waals surface area contributed by atoms with Crippen molar-refractivity contribution in [1.82, 2.24) is 5.32 Å². The highest BCUT2D eigenvalue weighted by Gasteiger charge is 2.16. The van der Waals surface area contributed by atoms with Gasteiger partial charge < -0.3 is 15.2 Å². The van der Waals surface area contributed by atoms with Gasteiger partial charge in [-0.15, -0.1) is 0 Å². The summed E-state index contributed by atoms with van der Waals surface area (Å²) < 4.78 is 5.71. The lowest BCUT2D eigenvalue weighted by molar-refractivity contribution is -0.139. The Kier molecular flexibility index (Phi) is 6.36. The Hall–Kier alpha value is -1.55. The van der Waals surface area contributed by atoms with Crippen molar-refractivity contribution in [2.24, 2.45) is 0 Å². The van der Waals surface area contributed by atoms with Crippen LogP contribution in [0.2, 0.25) is 0 Å². The molecular formula is C15H23NO3. The third-order valence-corrected chi connectivity index (χ3v) is 2.75. The lowest BCUT2D eigenvalue weighted by Gasteiger charge is -2.17. The van der Waals surface area contributed by atoms with Crippen molar-refractivity contribution in [2.45, 2.75) is 52.3 Å². The lowest BCUT2D eigenvalue weighted by atomic mass is 10.1. The maximum Gasteiger partial charge on any atom is 0.320 e. The molecule has 1 rings (SSSR count). The molecule has 0 saturated carbocycles. The molecule has 0 bridgehead atoms. The molecule has 106 valence electrons. The van der Waals surface area contributed by atoms with Crippen LogP contribution in [-0.2, 0) is 11.3 Å². The normalized spacial score (nSPS) is 12.4. The van der Waals surface area contributed by atoms with Crippen LogP contribution in [0.15, 0.2) is 24.3 Å². The van der Waals surface area contributed by atoms with Crippen LogP contribution in [0.25, 0.3) is 0 Å². The van der Waals surface area contributed by atoms with Crippen LogP contribution in [0.1, 0.15) is 39.2 Å². The molecule has 4 nitrogen and oxygen atoms in total. The fourth-order valence-corrected chi connectivity index (χ4v) is 1.85. The van der Waals surface area contributed by atoms with Gasteiger partial charge in [0.1, 0.15) is 11.8 Å². The minimum absolute atomic E-state index is 0.104. The first-order chi connectivity index (χ1) is 9.04. The molecule has 2 N–H and O–H groups in total. The van der Waals surface area contributed by atoms with Gasteiger partial charge in [0.25, 0.3) is 0 Å². The standard InChI is InChI=1S/C15H23NO3/c1-4-7-13(15(17)18)16-10-12-8-5-6-9-14(12)19-11(2)3/h5-6,8-9,11,13,16H,4,7,10H2,1-3H3,(H,17,18). The fraction of sp³-hybridized carbons (Fsp3) is 0.533. The van der Waals surface area contributed by atoms with Crippen LogP contribution < -0.4 is 10.1 Å². The van der Waals surface area contributed by atoms with Gasteiger partial charge in [-0.2, -0.15) is 0 Å². The molecule has 1 atom stereocenters. The van der Waals surface area contributed by atoms with Gasteiger partial charge in [-0.05, 0) is 26.3 Å². The number of ether oxygens (including phenoxy) is 1. The zero-order chi connectivity index (χ0) is 14.3. The third kappa shape index (κ3) is 5.30. The molecular weight excluding hydrogens is 242 g/mol. The molecule has 0 aliphatic carbocycles. The summed E-state index contributed by atoms with van der Waals surface area (Å²) in [6.07, 6.45) is 1.57. The van der Waals surface area contributed by atoms with Crippen molar-refractivity contribution in [3.05, 3.63) is 29.8 Å². The molecule has 4 heteroatoms. The summed E-state index contributed by atoms with van der Waals surface area (Å²) in [5.41, 5.74) is 0.985. The second-order valence-electron chi connectivity index (χ2n) is 4.83. The van der Waals surface area contributed by atoms with Crippen LogP contribution in [-0.4, -0.2) is 23.2 Å². The van der Waals surface area contributed by atoms with Gasteiger partial charge in [0, 0.05) is 12.1 Å². The largest absolute Gasteiger partial charge is 0.491 e. The second kappa shape index (κ2) is 7.79. The highest BCUT2D eigenvalue weighted by molar-refractivity contribution is 5.73. The van der Waals surface area contributed by atoms with Crippen molar-refractivity contribution in [3.8, 4) is 5.75 Å². The Labute approximate surface area is 114 Å². The average molecular weight is 265 g/mol. The smallest absolute Gasteiger partial charge is 0.320 e. The van der Waals surface area contributed by atoms with Crippen LogP contribution in [0.5, 0.6) is 5.75 Å². The molecule has 0 radical (unpaired) electrons. The van der Waals surface area contributed by atoms with E-state index in [4.69, 9.17) is 9.84 Å². The summed E-state index contributed by atoms with van der Waals surface area (Å²) in [7, 11) is 0. The summed E-state index contributed by atoms with van der Waals surface area (Å²) in [5.74, 6) is 0.00902. The van der Waals surface area contributed by atoms with E-state index < -0.39 is 12.0 Å². The predicted octanol–water partition coefficient (Wildman–Crippen LogP) is 2.82. The summed E-state index contributed by atoms with van der Waals surface area (Å²) in [5, 5.41) is 12.2. The maximum atomic E-state index is 11.1. The monoisotopic (exact) mass is 265 g/mol. The summed E-state index contributed by atoms with van der Waals surface area (Å²) in [6.45, 7) is 6.43. The van der Waals surface area contributed by atoms with Crippen LogP contribution in [0, 0.1) is 0 Å². The van der Waals surface area contributed by atoms with Crippen LogP contribution in [0.3, 0.4) is 0 Å². The van der Waals surface area contributed by atoms with Gasteiger partial charge in [0.2, 0.25) is 0 Å². The highest BCUT2D eigenvalue weighted by Crippen LogP contribution is 2.19. The van der Waals surface area contributed by atoms with E-state index in [1.165, 1.54) is 0 Å². The van der Waals surface area contributed by atoms with E-state index in [2.05, 4.69) is 5.32 Å². The molecule has 0 spiro atoms. The topological polar surface area (TPSA) is 58.6 Å². The Bertz CT molecular complexity index is 404. The Morgan fingerprint density at radius 1 is 1.37 bits per heavy atom. The maximum absolute atomic E-state index is 11.1. The van der Waals surface area contributed by atoms with Gasteiger partial charge in [0.05, 0.1) is 6.10 Å². The number of carboxylic acid groups (broad SMARTS) is 1. The SMILES string of the molecule is CCCC(NCc1ccccc1OC(C)C)C(=O)O. The minimum Gasteiger partial charge on any atom is -0.491 e. The molecule has 19 heavy (non-hydrogen) atoms. The zero-order valence-corrected chi connectivity index (χ0v) is 11.8. The first-order valence-corrected chi connectivity index (χ1v) is 6.75. The zero-order valence-electron chi connectivity index (χ0n) is 11.8. The number of carbonyl (C=O) groups is 1. The molecule has 1 aromatic carbocycles.